The van der Waals surface area contributed by atoms with Crippen LogP contribution in [0.2, 0.25) is 0 Å². The minimum absolute atomic E-state index is 0.397. The highest BCUT2D eigenvalue weighted by atomic mass is 16.6. The Morgan fingerprint density at radius 2 is 1.78 bits per heavy atom. The van der Waals surface area contributed by atoms with Gasteiger partial charge in [0, 0.05) is 13.1 Å². The summed E-state index contributed by atoms with van der Waals surface area (Å²) in [7, 11) is 1.35. The van der Waals surface area contributed by atoms with Gasteiger partial charge in [-0.2, -0.15) is 5.01 Å². The van der Waals surface area contributed by atoms with Crippen LogP contribution < -0.4 is 0 Å². The van der Waals surface area contributed by atoms with E-state index in [4.69, 9.17) is 9.47 Å². The first kappa shape index (κ1) is 17.3. The molecule has 0 spiro atoms. The van der Waals surface area contributed by atoms with Gasteiger partial charge in [-0.1, -0.05) is 30.3 Å². The molecule has 0 N–H and O–H groups in total. The summed E-state index contributed by atoms with van der Waals surface area (Å²) in [6.07, 6.45) is 0.333. The quantitative estimate of drug-likeness (QED) is 0.802. The van der Waals surface area contributed by atoms with Gasteiger partial charge in [0.25, 0.3) is 0 Å². The number of carbonyl (C=O) groups excluding carboxylic acids is 2. The molecule has 1 aliphatic heterocycles. The molecule has 0 bridgehead atoms. The van der Waals surface area contributed by atoms with Crippen molar-refractivity contribution in [3.8, 4) is 0 Å². The number of hydrogen-bond acceptors (Lipinski definition) is 5. The molecule has 23 heavy (non-hydrogen) atoms. The fraction of sp³-hybridized carbons (Fsp3) is 0.529. The molecule has 1 atom stereocenters. The molecule has 1 saturated heterocycles. The topological polar surface area (TPSA) is 59.1 Å². The molecule has 2 rings (SSSR count). The van der Waals surface area contributed by atoms with Crippen LogP contribution in [-0.4, -0.2) is 47.9 Å². The van der Waals surface area contributed by atoms with Crippen molar-refractivity contribution in [2.45, 2.75) is 38.8 Å². The third-order valence-corrected chi connectivity index (χ3v) is 3.51. The molecule has 6 nitrogen and oxygen atoms in total. The van der Waals surface area contributed by atoms with Gasteiger partial charge in [0.2, 0.25) is 0 Å². The second kappa shape index (κ2) is 7.00. The van der Waals surface area contributed by atoms with E-state index in [1.165, 1.54) is 12.1 Å². The molecular weight excluding hydrogens is 296 g/mol. The fourth-order valence-corrected chi connectivity index (χ4v) is 2.59. The lowest BCUT2D eigenvalue weighted by molar-refractivity contribution is -0.153. The van der Waals surface area contributed by atoms with Gasteiger partial charge in [0.15, 0.2) is 6.04 Å². The van der Waals surface area contributed by atoms with E-state index in [0.717, 1.165) is 12.0 Å². The number of ether oxygens (including phenoxy) is 2. The second-order valence-electron chi connectivity index (χ2n) is 6.46. The van der Waals surface area contributed by atoms with Gasteiger partial charge >= 0.3 is 12.1 Å². The Hall–Kier alpha value is -2.08. The largest absolute Gasteiger partial charge is 0.468 e. The van der Waals surface area contributed by atoms with E-state index < -0.39 is 23.7 Å². The van der Waals surface area contributed by atoms with Crippen LogP contribution in [0, 0.1) is 0 Å². The summed E-state index contributed by atoms with van der Waals surface area (Å²) in [6.45, 7) is 6.57. The molecule has 1 fully saturated rings. The lowest BCUT2D eigenvalue weighted by atomic mass is 10.1. The maximum atomic E-state index is 12.4. The predicted molar refractivity (Wildman–Crippen MR) is 85.5 cm³/mol. The Kier molecular flexibility index (Phi) is 5.26. The first-order chi connectivity index (χ1) is 10.8. The van der Waals surface area contributed by atoms with Crippen molar-refractivity contribution in [2.24, 2.45) is 0 Å². The molecule has 0 saturated carbocycles. The van der Waals surface area contributed by atoms with Crippen molar-refractivity contribution in [3.63, 3.8) is 0 Å². The van der Waals surface area contributed by atoms with E-state index in [1.54, 1.807) is 5.01 Å². The van der Waals surface area contributed by atoms with Crippen LogP contribution in [0.25, 0.3) is 0 Å². The summed E-state index contributed by atoms with van der Waals surface area (Å²) in [4.78, 5) is 24.7. The Balaban J connectivity index is 2.27. The number of hydrazine groups is 1. The maximum absolute atomic E-state index is 12.4. The van der Waals surface area contributed by atoms with E-state index >= 15 is 0 Å². The maximum Gasteiger partial charge on any atom is 0.425 e. The minimum Gasteiger partial charge on any atom is -0.468 e. The summed E-state index contributed by atoms with van der Waals surface area (Å²) < 4.78 is 10.4. The molecule has 1 heterocycles. The van der Waals surface area contributed by atoms with Crippen LogP contribution in [0.3, 0.4) is 0 Å². The molecule has 1 aliphatic rings. The molecule has 1 amide bonds. The molecular formula is C17H24N2O4. The Morgan fingerprint density at radius 3 is 2.35 bits per heavy atom. The fourth-order valence-electron chi connectivity index (χ4n) is 2.59. The van der Waals surface area contributed by atoms with Gasteiger partial charge in [-0.05, 0) is 32.8 Å². The van der Waals surface area contributed by atoms with Gasteiger partial charge < -0.3 is 9.47 Å². The van der Waals surface area contributed by atoms with Crippen molar-refractivity contribution < 1.29 is 19.1 Å². The zero-order chi connectivity index (χ0) is 17.0. The predicted octanol–water partition coefficient (Wildman–Crippen LogP) is 2.76. The lowest BCUT2D eigenvalue weighted by Gasteiger charge is -2.34. The third kappa shape index (κ3) is 4.22. The lowest BCUT2D eigenvalue weighted by Crippen LogP contribution is -2.47. The minimum atomic E-state index is -0.656. The van der Waals surface area contributed by atoms with Gasteiger partial charge in [0.1, 0.15) is 5.60 Å². The zero-order valence-corrected chi connectivity index (χ0v) is 14.1. The van der Waals surface area contributed by atoms with E-state index in [9.17, 15) is 9.59 Å². The van der Waals surface area contributed by atoms with Crippen molar-refractivity contribution in [1.29, 1.82) is 0 Å². The molecule has 0 radical (unpaired) electrons. The zero-order valence-electron chi connectivity index (χ0n) is 14.1. The monoisotopic (exact) mass is 320 g/mol. The number of amides is 1. The third-order valence-electron chi connectivity index (χ3n) is 3.51. The van der Waals surface area contributed by atoms with E-state index in [0.29, 0.717) is 13.1 Å². The van der Waals surface area contributed by atoms with Crippen molar-refractivity contribution >= 4 is 12.1 Å². The molecule has 126 valence electrons. The van der Waals surface area contributed by atoms with Crippen LogP contribution >= 0.6 is 0 Å². The summed E-state index contributed by atoms with van der Waals surface area (Å²) >= 11 is 0. The summed E-state index contributed by atoms with van der Waals surface area (Å²) in [5.74, 6) is -0.397. The molecule has 6 heteroatoms. The average Bonchev–Trinajstić information content (AvgIpc) is 2.96. The molecule has 1 aromatic carbocycles. The number of esters is 1. The SMILES string of the molecule is COC(=O)[C@@H](c1ccccc1)N1CCCN1C(=O)OC(C)(C)C. The first-order valence-corrected chi connectivity index (χ1v) is 7.73. The van der Waals surface area contributed by atoms with E-state index in [2.05, 4.69) is 0 Å². The van der Waals surface area contributed by atoms with Crippen LogP contribution in [0.5, 0.6) is 0 Å². The van der Waals surface area contributed by atoms with Crippen molar-refractivity contribution in [1.82, 2.24) is 10.0 Å². The normalized spacial score (nSPS) is 17.0. The number of hydrogen-bond donors (Lipinski definition) is 0. The standard InChI is InChI=1S/C17H24N2O4/c1-17(2,3)23-16(21)19-12-8-11-18(19)14(15(20)22-4)13-9-6-5-7-10-13/h5-7,9-10,14H,8,11-12H2,1-4H3/t14-/m1/s1. The van der Waals surface area contributed by atoms with Crippen LogP contribution in [-0.2, 0) is 14.3 Å². The molecule has 1 aromatic rings. The van der Waals surface area contributed by atoms with Gasteiger partial charge in [-0.3, -0.25) is 0 Å². The second-order valence-corrected chi connectivity index (χ2v) is 6.46. The van der Waals surface area contributed by atoms with Crippen molar-refractivity contribution in [3.05, 3.63) is 35.9 Å². The Bertz CT molecular complexity index is 553. The van der Waals surface area contributed by atoms with Crippen LogP contribution in [0.15, 0.2) is 30.3 Å². The van der Waals surface area contributed by atoms with Gasteiger partial charge in [-0.15, -0.1) is 0 Å². The average molecular weight is 320 g/mol. The van der Waals surface area contributed by atoms with Crippen LogP contribution in [0.1, 0.15) is 38.8 Å². The highest BCUT2D eigenvalue weighted by molar-refractivity contribution is 5.78. The summed E-state index contributed by atoms with van der Waals surface area (Å²) in [5.41, 5.74) is 0.202. The van der Waals surface area contributed by atoms with Crippen molar-refractivity contribution in [2.75, 3.05) is 20.2 Å². The number of rotatable bonds is 3. The van der Waals surface area contributed by atoms with E-state index in [-0.39, 0.29) is 0 Å². The number of benzene rings is 1. The highest BCUT2D eigenvalue weighted by Gasteiger charge is 2.39. The first-order valence-electron chi connectivity index (χ1n) is 7.73. The van der Waals surface area contributed by atoms with E-state index in [1.807, 2.05) is 51.1 Å². The molecule has 0 unspecified atom stereocenters. The number of methoxy groups -OCH3 is 1. The smallest absolute Gasteiger partial charge is 0.425 e. The molecule has 0 aliphatic carbocycles. The Labute approximate surface area is 136 Å². The molecule has 0 aromatic heterocycles. The van der Waals surface area contributed by atoms with Gasteiger partial charge in [0.05, 0.1) is 7.11 Å². The summed E-state index contributed by atoms with van der Waals surface area (Å²) in [5, 5.41) is 3.23. The summed E-state index contributed by atoms with van der Waals surface area (Å²) in [6, 6.07) is 8.66. The Morgan fingerprint density at radius 1 is 1.13 bits per heavy atom. The van der Waals surface area contributed by atoms with Crippen LogP contribution in [0.4, 0.5) is 4.79 Å². The number of carbonyl (C=O) groups is 2. The van der Waals surface area contributed by atoms with Gasteiger partial charge in [-0.25, -0.2) is 14.6 Å². The number of nitrogens with zero attached hydrogens (tertiary/aromatic N) is 2. The highest BCUT2D eigenvalue weighted by Crippen LogP contribution is 2.28.